The summed E-state index contributed by atoms with van der Waals surface area (Å²) in [7, 11) is 3.25. The number of amides is 1. The number of hydrogen-bond acceptors (Lipinski definition) is 5. The summed E-state index contributed by atoms with van der Waals surface area (Å²) in [6.45, 7) is 2.49. The van der Waals surface area contributed by atoms with Gasteiger partial charge in [-0.15, -0.1) is 0 Å². The topological polar surface area (TPSA) is 38.8 Å². The predicted octanol–water partition coefficient (Wildman–Crippen LogP) is 4.08. The maximum absolute atomic E-state index is 12.5. The second-order valence-corrected chi connectivity index (χ2v) is 6.87. The van der Waals surface area contributed by atoms with Crippen LogP contribution in [-0.2, 0) is 4.79 Å². The van der Waals surface area contributed by atoms with Crippen LogP contribution in [-0.4, -0.2) is 35.9 Å². The van der Waals surface area contributed by atoms with Gasteiger partial charge in [-0.3, -0.25) is 9.69 Å². The van der Waals surface area contributed by atoms with E-state index in [1.165, 1.54) is 11.8 Å². The normalized spacial score (nSPS) is 16.3. The molecule has 0 N–H and O–H groups in total. The Balaban J connectivity index is 2.19. The van der Waals surface area contributed by atoms with Gasteiger partial charge >= 0.3 is 0 Å². The molecule has 0 bridgehead atoms. The van der Waals surface area contributed by atoms with E-state index in [9.17, 15) is 4.79 Å². The number of carbonyl (C=O) groups is 1. The lowest BCUT2D eigenvalue weighted by Gasteiger charge is -2.11. The van der Waals surface area contributed by atoms with E-state index in [2.05, 4.69) is 0 Å². The molecule has 0 aliphatic carbocycles. The Hall–Kier alpha value is -2.05. The predicted molar refractivity (Wildman–Crippen MR) is 103 cm³/mol. The van der Waals surface area contributed by atoms with Gasteiger partial charge in [0.1, 0.15) is 15.8 Å². The summed E-state index contributed by atoms with van der Waals surface area (Å²) >= 11 is 6.60. The Kier molecular flexibility index (Phi) is 4.78. The zero-order chi connectivity index (χ0) is 17.3. The van der Waals surface area contributed by atoms with Crippen LogP contribution in [0.5, 0.6) is 11.5 Å². The fourth-order valence-corrected chi connectivity index (χ4v) is 4.03. The third-order valence-electron chi connectivity index (χ3n) is 3.92. The van der Waals surface area contributed by atoms with Crippen molar-refractivity contribution in [2.24, 2.45) is 0 Å². The van der Waals surface area contributed by atoms with Crippen molar-refractivity contribution in [2.45, 2.75) is 6.92 Å². The highest BCUT2D eigenvalue weighted by atomic mass is 32.2. The van der Waals surface area contributed by atoms with Crippen LogP contribution in [0.3, 0.4) is 0 Å². The van der Waals surface area contributed by atoms with Crippen molar-refractivity contribution in [3.05, 3.63) is 40.8 Å². The van der Waals surface area contributed by atoms with Crippen LogP contribution in [0, 0.1) is 0 Å². The fraction of sp³-hybridized carbons (Fsp3) is 0.222. The zero-order valence-corrected chi connectivity index (χ0v) is 15.3. The molecule has 1 aliphatic rings. The second kappa shape index (κ2) is 6.83. The van der Waals surface area contributed by atoms with E-state index >= 15 is 0 Å². The average molecular weight is 359 g/mol. The quantitative estimate of drug-likeness (QED) is 0.608. The summed E-state index contributed by atoms with van der Waals surface area (Å²) in [6.07, 6.45) is 1.86. The Labute approximate surface area is 150 Å². The summed E-state index contributed by atoms with van der Waals surface area (Å²) in [6, 6.07) is 9.74. The minimum Gasteiger partial charge on any atom is -0.497 e. The minimum atomic E-state index is -0.0607. The van der Waals surface area contributed by atoms with Crippen molar-refractivity contribution in [3.63, 3.8) is 0 Å². The summed E-state index contributed by atoms with van der Waals surface area (Å²) < 4.78 is 11.4. The number of thiocarbonyl (C=S) groups is 1. The molecule has 1 fully saturated rings. The van der Waals surface area contributed by atoms with Gasteiger partial charge < -0.3 is 9.47 Å². The molecule has 4 nitrogen and oxygen atoms in total. The molecule has 124 valence electrons. The SMILES string of the molecule is CCN1C(=O)C(=Cc2c(OC)ccc3ccc(OC)cc23)SC1=S. The Morgan fingerprint density at radius 2 is 1.96 bits per heavy atom. The van der Waals surface area contributed by atoms with Gasteiger partial charge in [0.25, 0.3) is 5.91 Å². The molecular formula is C18H17NO3S2. The molecule has 6 heteroatoms. The van der Waals surface area contributed by atoms with Crippen LogP contribution >= 0.6 is 24.0 Å². The van der Waals surface area contributed by atoms with E-state index in [4.69, 9.17) is 21.7 Å². The van der Waals surface area contributed by atoms with Gasteiger partial charge in [-0.05, 0) is 42.0 Å². The first-order valence-electron chi connectivity index (χ1n) is 7.49. The van der Waals surface area contributed by atoms with Gasteiger partial charge in [0, 0.05) is 12.1 Å². The molecule has 1 saturated heterocycles. The molecule has 1 heterocycles. The van der Waals surface area contributed by atoms with Crippen LogP contribution in [0.15, 0.2) is 35.2 Å². The number of fused-ring (bicyclic) bond motifs is 1. The number of methoxy groups -OCH3 is 2. The number of likely N-dealkylation sites (N-methyl/N-ethyl adjacent to an activating group) is 1. The highest BCUT2D eigenvalue weighted by Gasteiger charge is 2.31. The number of ether oxygens (including phenoxy) is 2. The van der Waals surface area contributed by atoms with Crippen molar-refractivity contribution in [3.8, 4) is 11.5 Å². The number of nitrogens with zero attached hydrogens (tertiary/aromatic N) is 1. The molecular weight excluding hydrogens is 342 g/mol. The standard InChI is InChI=1S/C18H17NO3S2/c1-4-19-17(20)16(24-18(19)23)10-14-13-9-12(21-2)7-5-11(13)6-8-15(14)22-3/h5-10H,4H2,1-3H3. The molecule has 0 unspecified atom stereocenters. The van der Waals surface area contributed by atoms with Crippen molar-refractivity contribution in [1.29, 1.82) is 0 Å². The van der Waals surface area contributed by atoms with E-state index in [1.54, 1.807) is 19.1 Å². The van der Waals surface area contributed by atoms with Crippen molar-refractivity contribution in [2.75, 3.05) is 20.8 Å². The monoisotopic (exact) mass is 359 g/mol. The van der Waals surface area contributed by atoms with E-state index in [0.717, 1.165) is 22.1 Å². The van der Waals surface area contributed by atoms with Crippen molar-refractivity contribution in [1.82, 2.24) is 4.90 Å². The lowest BCUT2D eigenvalue weighted by Crippen LogP contribution is -2.27. The lowest BCUT2D eigenvalue weighted by molar-refractivity contribution is -0.121. The first kappa shape index (κ1) is 16.8. The minimum absolute atomic E-state index is 0.0607. The fourth-order valence-electron chi connectivity index (χ4n) is 2.66. The number of thioether (sulfide) groups is 1. The Morgan fingerprint density at radius 1 is 1.21 bits per heavy atom. The largest absolute Gasteiger partial charge is 0.497 e. The third kappa shape index (κ3) is 2.87. The highest BCUT2D eigenvalue weighted by molar-refractivity contribution is 8.26. The van der Waals surface area contributed by atoms with Gasteiger partial charge in [-0.25, -0.2) is 0 Å². The van der Waals surface area contributed by atoms with Crippen molar-refractivity contribution < 1.29 is 14.3 Å². The van der Waals surface area contributed by atoms with Crippen LogP contribution in [0.2, 0.25) is 0 Å². The van der Waals surface area contributed by atoms with Crippen molar-refractivity contribution >= 4 is 51.1 Å². The molecule has 2 aromatic carbocycles. The van der Waals surface area contributed by atoms with Crippen LogP contribution in [0.25, 0.3) is 16.8 Å². The summed E-state index contributed by atoms with van der Waals surface area (Å²) in [4.78, 5) is 14.7. The highest BCUT2D eigenvalue weighted by Crippen LogP contribution is 2.37. The van der Waals surface area contributed by atoms with Gasteiger partial charge in [-0.2, -0.15) is 0 Å². The number of carbonyl (C=O) groups excluding carboxylic acids is 1. The maximum atomic E-state index is 12.5. The van der Waals surface area contributed by atoms with E-state index in [1.807, 2.05) is 43.3 Å². The van der Waals surface area contributed by atoms with E-state index in [0.29, 0.717) is 21.5 Å². The van der Waals surface area contributed by atoms with Gasteiger partial charge in [0.15, 0.2) is 0 Å². The zero-order valence-electron chi connectivity index (χ0n) is 13.7. The molecule has 24 heavy (non-hydrogen) atoms. The Bertz CT molecular complexity index is 855. The number of benzene rings is 2. The summed E-state index contributed by atoms with van der Waals surface area (Å²) in [5.41, 5.74) is 0.852. The molecule has 2 aromatic rings. The van der Waals surface area contributed by atoms with E-state index < -0.39 is 0 Å². The molecule has 0 radical (unpaired) electrons. The first-order chi connectivity index (χ1) is 11.6. The molecule has 3 rings (SSSR count). The smallest absolute Gasteiger partial charge is 0.266 e. The molecule has 1 aliphatic heterocycles. The molecule has 0 aromatic heterocycles. The first-order valence-corrected chi connectivity index (χ1v) is 8.71. The Morgan fingerprint density at radius 3 is 2.58 bits per heavy atom. The molecule has 0 atom stereocenters. The second-order valence-electron chi connectivity index (χ2n) is 5.19. The van der Waals surface area contributed by atoms with Gasteiger partial charge in [0.05, 0.1) is 19.1 Å². The summed E-state index contributed by atoms with van der Waals surface area (Å²) in [5.74, 6) is 1.40. The van der Waals surface area contributed by atoms with Gasteiger partial charge in [-0.1, -0.05) is 36.1 Å². The van der Waals surface area contributed by atoms with Crippen LogP contribution < -0.4 is 9.47 Å². The lowest BCUT2D eigenvalue weighted by atomic mass is 10.0. The van der Waals surface area contributed by atoms with Crippen LogP contribution in [0.1, 0.15) is 12.5 Å². The number of hydrogen-bond donors (Lipinski definition) is 0. The summed E-state index contributed by atoms with van der Waals surface area (Å²) in [5, 5.41) is 2.02. The third-order valence-corrected chi connectivity index (χ3v) is 5.29. The maximum Gasteiger partial charge on any atom is 0.266 e. The average Bonchev–Trinajstić information content (AvgIpc) is 2.87. The van der Waals surface area contributed by atoms with E-state index in [-0.39, 0.29) is 5.91 Å². The number of rotatable bonds is 4. The molecule has 0 saturated carbocycles. The van der Waals surface area contributed by atoms with Gasteiger partial charge in [0.2, 0.25) is 0 Å². The van der Waals surface area contributed by atoms with Crippen LogP contribution in [0.4, 0.5) is 0 Å². The molecule has 1 amide bonds. The molecule has 0 spiro atoms.